The van der Waals surface area contributed by atoms with Crippen molar-refractivity contribution in [3.63, 3.8) is 0 Å². The fourth-order valence-electron chi connectivity index (χ4n) is 20.2. The Kier molecular flexibility index (Phi) is 9.94. The Labute approximate surface area is 406 Å². The third kappa shape index (κ3) is 5.68. The first-order chi connectivity index (χ1) is 33.1. The molecule has 7 fully saturated rings. The molecule has 3 saturated heterocycles. The zero-order valence-corrected chi connectivity index (χ0v) is 41.4. The summed E-state index contributed by atoms with van der Waals surface area (Å²) < 4.78 is 14.6. The van der Waals surface area contributed by atoms with Crippen LogP contribution in [-0.4, -0.2) is 65.1 Å². The van der Waals surface area contributed by atoms with Gasteiger partial charge in [-0.15, -0.1) is 0 Å². The summed E-state index contributed by atoms with van der Waals surface area (Å²) in [6.07, 6.45) is 29.1. The van der Waals surface area contributed by atoms with Gasteiger partial charge < -0.3 is 25.2 Å². The summed E-state index contributed by atoms with van der Waals surface area (Å²) in [5.74, 6) is 3.67. The fraction of sp³-hybridized carbons (Fsp3) is 0.733. The second-order valence-corrected chi connectivity index (χ2v) is 26.0. The highest BCUT2D eigenvalue weighted by atomic mass is 16.6. The Balaban J connectivity index is 1.04. The van der Waals surface area contributed by atoms with Gasteiger partial charge in [0.15, 0.2) is 11.4 Å². The first-order valence-corrected chi connectivity index (χ1v) is 28.5. The number of aliphatic hydroxyl groups is 1. The first kappa shape index (κ1) is 43.4. The van der Waals surface area contributed by atoms with E-state index in [1.165, 1.54) is 107 Å². The van der Waals surface area contributed by atoms with Crippen molar-refractivity contribution in [1.29, 1.82) is 0 Å². The van der Waals surface area contributed by atoms with E-state index in [0.29, 0.717) is 78.7 Å². The van der Waals surface area contributed by atoms with Crippen LogP contribution in [0.15, 0.2) is 63.8 Å². The van der Waals surface area contributed by atoms with E-state index in [-0.39, 0.29) is 41.0 Å². The highest BCUT2D eigenvalue weighted by Gasteiger charge is 2.94. The van der Waals surface area contributed by atoms with Crippen LogP contribution < -0.4 is 5.73 Å². The lowest BCUT2D eigenvalue weighted by Crippen LogP contribution is -2.78. The van der Waals surface area contributed by atoms with E-state index >= 15 is 9.59 Å². The fourth-order valence-corrected chi connectivity index (χ4v) is 20.2. The number of piperidine rings is 2. The molecule has 12 bridgehead atoms. The van der Waals surface area contributed by atoms with Crippen molar-refractivity contribution < 1.29 is 24.2 Å². The maximum atomic E-state index is 16.4. The van der Waals surface area contributed by atoms with Crippen LogP contribution in [0.25, 0.3) is 0 Å². The number of rotatable bonds is 7. The lowest BCUT2D eigenvalue weighted by molar-refractivity contribution is -0.284. The molecule has 9 heterocycles. The second kappa shape index (κ2) is 15.6. The zero-order chi connectivity index (χ0) is 45.9. The molecular weight excluding hydrogens is 843 g/mol. The molecule has 13 atom stereocenters. The van der Waals surface area contributed by atoms with E-state index in [9.17, 15) is 5.11 Å². The van der Waals surface area contributed by atoms with Gasteiger partial charge in [0.2, 0.25) is 0 Å². The molecule has 68 heavy (non-hydrogen) atoms. The van der Waals surface area contributed by atoms with Crippen LogP contribution in [0.3, 0.4) is 0 Å². The van der Waals surface area contributed by atoms with Crippen LogP contribution in [0.4, 0.5) is 0 Å². The number of hydrogen-bond acceptors (Lipinski definition) is 8. The molecule has 8 nitrogen and oxygen atoms in total. The summed E-state index contributed by atoms with van der Waals surface area (Å²) in [6, 6.07) is 7.14. The number of allylic oxidation sites excluding steroid dienone is 4. The summed E-state index contributed by atoms with van der Waals surface area (Å²) in [5, 5.41) is 13.5. The Bertz CT molecular complexity index is 2450. The van der Waals surface area contributed by atoms with Gasteiger partial charge in [-0.1, -0.05) is 113 Å². The minimum absolute atomic E-state index is 0.0755. The number of fused-ring (bicyclic) bond motifs is 3. The molecule has 364 valence electrons. The van der Waals surface area contributed by atoms with E-state index in [2.05, 4.69) is 47.9 Å². The van der Waals surface area contributed by atoms with Gasteiger partial charge in [-0.25, -0.2) is 4.79 Å². The van der Waals surface area contributed by atoms with E-state index in [4.69, 9.17) is 15.2 Å². The topological polar surface area (TPSA) is 105 Å². The lowest BCUT2D eigenvalue weighted by atomic mass is 9.27. The van der Waals surface area contributed by atoms with Crippen molar-refractivity contribution in [2.45, 2.75) is 186 Å². The minimum atomic E-state index is -1.15. The van der Waals surface area contributed by atoms with Crippen LogP contribution in [0.1, 0.15) is 183 Å². The standard InChI is InChI=1S/C60H79N3O5/c1-35-25-41-18-19-47-42-26-38-32-62(34-42)43(27-36-11-5-3-6-12-36)29-48(64)54-58-23-21-44-51(53(41)63(47)33-38)45(35)28-40-20-22-57(2,30-37-13-7-4-8-14-37)31-49(59(58,52(40)44)56(66)67-54)60(58)46-17-9-15-39(16-10-24-61)50(46)55(65)68-60/h9,15,17,28,35-38,42-43,45,47,49,51,64H,3-8,10-14,16,18-27,29-34,61H2,1-2H3/b54-48-/t35-,38-,42+,43+,45-,47-,49+,51-,57+,58-,59-,60-/m1/s1. The van der Waals surface area contributed by atoms with Crippen molar-refractivity contribution in [2.75, 3.05) is 26.2 Å². The van der Waals surface area contributed by atoms with Gasteiger partial charge in [0.05, 0.1) is 11.0 Å². The molecule has 1 aromatic carbocycles. The predicted molar refractivity (Wildman–Crippen MR) is 263 cm³/mol. The summed E-state index contributed by atoms with van der Waals surface area (Å²) in [5.41, 5.74) is 13.0. The Morgan fingerprint density at radius 3 is 2.53 bits per heavy atom. The highest BCUT2D eigenvalue weighted by molar-refractivity contribution is 6.01. The van der Waals surface area contributed by atoms with Gasteiger partial charge >= 0.3 is 11.9 Å². The highest BCUT2D eigenvalue weighted by Crippen LogP contribution is 2.88. The average Bonchev–Trinajstić information content (AvgIpc) is 3.80. The number of carbonyl (C=O) groups is 2. The molecule has 0 amide bonds. The molecule has 16 aliphatic rings. The largest absolute Gasteiger partial charge is 0.509 e. The van der Waals surface area contributed by atoms with Crippen molar-refractivity contribution >= 4 is 11.9 Å². The number of benzene rings is 1. The molecule has 4 saturated carbocycles. The summed E-state index contributed by atoms with van der Waals surface area (Å²) in [4.78, 5) is 37.5. The molecule has 0 aromatic heterocycles. The second-order valence-electron chi connectivity index (χ2n) is 26.0. The van der Waals surface area contributed by atoms with Gasteiger partial charge in [-0.2, -0.15) is 0 Å². The summed E-state index contributed by atoms with van der Waals surface area (Å²) in [6.45, 7) is 8.92. The summed E-state index contributed by atoms with van der Waals surface area (Å²) >= 11 is 0. The average molecular weight is 922 g/mol. The number of esters is 2. The van der Waals surface area contributed by atoms with Gasteiger partial charge in [0, 0.05) is 61.2 Å². The van der Waals surface area contributed by atoms with Crippen molar-refractivity contribution in [3.05, 3.63) is 80.5 Å². The van der Waals surface area contributed by atoms with Crippen LogP contribution >= 0.6 is 0 Å². The number of hydrogen-bond donors (Lipinski definition) is 2. The number of carbonyl (C=O) groups excluding carboxylic acids is 2. The van der Waals surface area contributed by atoms with Crippen molar-refractivity contribution in [2.24, 2.45) is 69.3 Å². The summed E-state index contributed by atoms with van der Waals surface area (Å²) in [7, 11) is 0. The van der Waals surface area contributed by atoms with Crippen LogP contribution in [-0.2, 0) is 26.3 Å². The van der Waals surface area contributed by atoms with Gasteiger partial charge in [0.1, 0.15) is 11.2 Å². The molecule has 3 N–H and O–H groups in total. The maximum absolute atomic E-state index is 16.4. The number of aryl methyl sites for hydroxylation is 1. The minimum Gasteiger partial charge on any atom is -0.509 e. The van der Waals surface area contributed by atoms with Gasteiger partial charge in [0.25, 0.3) is 0 Å². The number of nitrogens with zero attached hydrogens (tertiary/aromatic N) is 2. The quantitative estimate of drug-likeness (QED) is 0.261. The van der Waals surface area contributed by atoms with Crippen LogP contribution in [0.5, 0.6) is 0 Å². The van der Waals surface area contributed by atoms with Crippen molar-refractivity contribution in [1.82, 2.24) is 9.80 Å². The van der Waals surface area contributed by atoms with Gasteiger partial charge in [-0.3, -0.25) is 9.69 Å². The maximum Gasteiger partial charge on any atom is 0.339 e. The normalized spacial score (nSPS) is 44.6. The van der Waals surface area contributed by atoms with Gasteiger partial charge in [-0.05, 0) is 148 Å². The zero-order valence-electron chi connectivity index (χ0n) is 41.4. The van der Waals surface area contributed by atoms with Crippen LogP contribution in [0, 0.1) is 63.6 Å². The Hall–Kier alpha value is -3.36. The Morgan fingerprint density at radius 2 is 1.72 bits per heavy atom. The van der Waals surface area contributed by atoms with E-state index < -0.39 is 16.4 Å². The molecule has 9 aliphatic heterocycles. The molecule has 0 radical (unpaired) electrons. The van der Waals surface area contributed by atoms with E-state index in [0.717, 1.165) is 75.7 Å². The van der Waals surface area contributed by atoms with E-state index in [1.54, 1.807) is 11.3 Å². The molecule has 17 rings (SSSR count). The SMILES string of the molecule is C[C@@H]1CC2=C3[C@@H]4C5=C6C(=C[C@@H]41)CC[C@@](C)(CC1CCCCC1)C[C@H]1[C@]64C(=O)O/C(=C(\O)C[C@H](CC6CCCCC6)N6C[C@H]7C[C@@H](C6)[C@@H](CC2)N3C7)[C@@]4(CC5)[C@]12OC(=O)c1c(CCCN)cccc12. The molecular formula is C60H79N3O5. The number of aliphatic hydroxyl groups excluding tert-OH is 1. The molecule has 1 aromatic rings. The number of ether oxygens (including phenoxy) is 2. The molecule has 7 aliphatic carbocycles. The Morgan fingerprint density at radius 1 is 0.912 bits per heavy atom. The monoisotopic (exact) mass is 922 g/mol. The third-order valence-electron chi connectivity index (χ3n) is 22.5. The molecule has 1 unspecified atom stereocenters. The third-order valence-corrected chi connectivity index (χ3v) is 22.5. The van der Waals surface area contributed by atoms with E-state index in [1.807, 2.05) is 0 Å². The number of nitrogens with two attached hydrogens (primary N) is 1. The molecule has 3 spiro atoms. The van der Waals surface area contributed by atoms with Crippen LogP contribution in [0.2, 0.25) is 0 Å². The van der Waals surface area contributed by atoms with Crippen molar-refractivity contribution in [3.8, 4) is 0 Å². The lowest BCUT2D eigenvalue weighted by Gasteiger charge is -2.73. The first-order valence-electron chi connectivity index (χ1n) is 28.5. The predicted octanol–water partition coefficient (Wildman–Crippen LogP) is 11.7. The molecule has 8 heteroatoms. The smallest absolute Gasteiger partial charge is 0.339 e.